The molecule has 0 aromatic heterocycles. The maximum Gasteiger partial charge on any atom is 0.246 e. The molecule has 3 fully saturated rings. The summed E-state index contributed by atoms with van der Waals surface area (Å²) in [4.78, 5) is 40.3. The highest BCUT2D eigenvalue weighted by molar-refractivity contribution is 5.92. The molecule has 0 bridgehead atoms. The molecule has 1 saturated carbocycles. The Morgan fingerprint density at radius 1 is 1.18 bits per heavy atom. The Balaban J connectivity index is 1.67. The van der Waals surface area contributed by atoms with Crippen molar-refractivity contribution in [2.24, 2.45) is 11.8 Å². The predicted molar refractivity (Wildman–Crippen MR) is 80.8 cm³/mol. The van der Waals surface area contributed by atoms with E-state index in [9.17, 15) is 14.4 Å². The highest BCUT2D eigenvalue weighted by atomic mass is 16.2. The lowest BCUT2D eigenvalue weighted by Gasteiger charge is -2.50. The fourth-order valence-electron chi connectivity index (χ4n) is 4.20. The fourth-order valence-corrected chi connectivity index (χ4v) is 4.20. The van der Waals surface area contributed by atoms with Gasteiger partial charge in [-0.25, -0.2) is 0 Å². The number of piperazine rings is 1. The van der Waals surface area contributed by atoms with E-state index in [0.717, 1.165) is 12.8 Å². The van der Waals surface area contributed by atoms with Crippen LogP contribution in [0, 0.1) is 11.8 Å². The van der Waals surface area contributed by atoms with E-state index in [4.69, 9.17) is 0 Å². The first-order valence-electron chi connectivity index (χ1n) is 8.29. The van der Waals surface area contributed by atoms with Gasteiger partial charge in [0.2, 0.25) is 17.7 Å². The minimum absolute atomic E-state index is 0.0533. The summed E-state index contributed by atoms with van der Waals surface area (Å²) in [5.41, 5.74) is -0.742. The molecule has 0 unspecified atom stereocenters. The molecule has 122 valence electrons. The number of nitrogens with one attached hydrogen (secondary N) is 1. The van der Waals surface area contributed by atoms with E-state index < -0.39 is 5.54 Å². The van der Waals surface area contributed by atoms with Crippen LogP contribution in [0.2, 0.25) is 0 Å². The number of carbonyl (C=O) groups excluding carboxylic acids is 3. The van der Waals surface area contributed by atoms with Crippen molar-refractivity contribution >= 4 is 17.7 Å². The van der Waals surface area contributed by atoms with E-state index in [1.165, 1.54) is 6.92 Å². The highest BCUT2D eigenvalue weighted by Crippen LogP contribution is 2.37. The van der Waals surface area contributed by atoms with Crippen molar-refractivity contribution in [1.29, 1.82) is 0 Å². The Labute approximate surface area is 131 Å². The number of likely N-dealkylation sites (tertiary alicyclic amines) is 1. The number of nitrogens with zero attached hydrogens (tertiary/aromatic N) is 2. The zero-order valence-corrected chi connectivity index (χ0v) is 13.4. The summed E-state index contributed by atoms with van der Waals surface area (Å²) < 4.78 is 0. The molecular weight excluding hydrogens is 282 g/mol. The molecule has 6 heteroatoms. The molecule has 0 aromatic carbocycles. The molecule has 1 N–H and O–H groups in total. The molecular formula is C16H25N3O3. The summed E-state index contributed by atoms with van der Waals surface area (Å²) in [5.74, 6) is 0.954. The van der Waals surface area contributed by atoms with Crippen LogP contribution in [0.3, 0.4) is 0 Å². The van der Waals surface area contributed by atoms with Gasteiger partial charge in [0.05, 0.1) is 0 Å². The van der Waals surface area contributed by atoms with Crippen molar-refractivity contribution < 1.29 is 14.4 Å². The van der Waals surface area contributed by atoms with Crippen molar-refractivity contribution in [2.45, 2.75) is 45.1 Å². The van der Waals surface area contributed by atoms with Crippen LogP contribution in [0.4, 0.5) is 0 Å². The normalized spacial score (nSPS) is 30.7. The van der Waals surface area contributed by atoms with Gasteiger partial charge < -0.3 is 15.1 Å². The molecule has 0 radical (unpaired) electrons. The summed E-state index contributed by atoms with van der Waals surface area (Å²) in [6.07, 6.45) is 3.07. The minimum Gasteiger partial charge on any atom is -0.352 e. The highest BCUT2D eigenvalue weighted by Gasteiger charge is 2.50. The van der Waals surface area contributed by atoms with E-state index in [2.05, 4.69) is 12.2 Å². The minimum atomic E-state index is -0.742. The first kappa shape index (κ1) is 15.3. The van der Waals surface area contributed by atoms with Crippen LogP contribution in [0.5, 0.6) is 0 Å². The number of carbonyl (C=O) groups is 3. The maximum atomic E-state index is 12.4. The third-order valence-corrected chi connectivity index (χ3v) is 5.57. The van der Waals surface area contributed by atoms with Crippen molar-refractivity contribution in [1.82, 2.24) is 15.1 Å². The Bertz CT molecular complexity index is 491. The van der Waals surface area contributed by atoms with E-state index in [1.807, 2.05) is 4.90 Å². The van der Waals surface area contributed by atoms with Crippen LogP contribution in [-0.4, -0.2) is 59.2 Å². The number of hydrogen-bond donors (Lipinski definition) is 1. The third kappa shape index (κ3) is 2.38. The molecule has 3 amide bonds. The van der Waals surface area contributed by atoms with Gasteiger partial charge in [0, 0.05) is 39.0 Å². The fraction of sp³-hybridized carbons (Fsp3) is 0.812. The van der Waals surface area contributed by atoms with Crippen LogP contribution in [0.25, 0.3) is 0 Å². The van der Waals surface area contributed by atoms with E-state index >= 15 is 0 Å². The summed E-state index contributed by atoms with van der Waals surface area (Å²) in [6, 6.07) is 0. The van der Waals surface area contributed by atoms with Gasteiger partial charge in [-0.2, -0.15) is 0 Å². The summed E-state index contributed by atoms with van der Waals surface area (Å²) in [6.45, 7) is 5.92. The first-order chi connectivity index (χ1) is 10.4. The van der Waals surface area contributed by atoms with Crippen LogP contribution in [0.15, 0.2) is 0 Å². The van der Waals surface area contributed by atoms with Gasteiger partial charge in [-0.15, -0.1) is 0 Å². The third-order valence-electron chi connectivity index (χ3n) is 5.57. The average molecular weight is 307 g/mol. The first-order valence-corrected chi connectivity index (χ1v) is 8.29. The van der Waals surface area contributed by atoms with Gasteiger partial charge >= 0.3 is 0 Å². The molecule has 0 aromatic rings. The SMILES string of the molecule is CC(=O)N1CCNC(=O)C12CCN(C(=O)C1CC(C)C1)CC2. The monoisotopic (exact) mass is 307 g/mol. The molecule has 3 aliphatic rings. The average Bonchev–Trinajstić information content (AvgIpc) is 2.47. The molecule has 0 atom stereocenters. The lowest BCUT2D eigenvalue weighted by atomic mass is 9.74. The Morgan fingerprint density at radius 2 is 1.82 bits per heavy atom. The standard InChI is InChI=1S/C16H25N3O3/c1-11-9-13(10-11)14(21)18-6-3-16(4-7-18)15(22)17-5-8-19(16)12(2)20/h11,13H,3-10H2,1-2H3,(H,17,22). The van der Waals surface area contributed by atoms with E-state index in [0.29, 0.717) is 44.9 Å². The lowest BCUT2D eigenvalue weighted by molar-refractivity contribution is -0.157. The summed E-state index contributed by atoms with van der Waals surface area (Å²) >= 11 is 0. The zero-order chi connectivity index (χ0) is 15.9. The van der Waals surface area contributed by atoms with E-state index in [1.54, 1.807) is 4.90 Å². The number of piperidine rings is 1. The second-order valence-electron chi connectivity index (χ2n) is 7.06. The number of hydrogen-bond acceptors (Lipinski definition) is 3. The van der Waals surface area contributed by atoms with Crippen LogP contribution >= 0.6 is 0 Å². The lowest BCUT2D eigenvalue weighted by Crippen LogP contribution is -2.69. The largest absolute Gasteiger partial charge is 0.352 e. The number of amides is 3. The van der Waals surface area contributed by atoms with E-state index in [-0.39, 0.29) is 23.6 Å². The molecule has 3 rings (SSSR count). The van der Waals surface area contributed by atoms with Gasteiger partial charge in [-0.05, 0) is 31.6 Å². The molecule has 2 heterocycles. The van der Waals surface area contributed by atoms with Crippen molar-refractivity contribution in [2.75, 3.05) is 26.2 Å². The summed E-state index contributed by atoms with van der Waals surface area (Å²) in [7, 11) is 0. The predicted octanol–water partition coefficient (Wildman–Crippen LogP) is 0.372. The van der Waals surface area contributed by atoms with Gasteiger partial charge in [0.1, 0.15) is 5.54 Å². The van der Waals surface area contributed by atoms with Gasteiger partial charge in [-0.1, -0.05) is 6.92 Å². The van der Waals surface area contributed by atoms with Crippen LogP contribution in [0.1, 0.15) is 39.5 Å². The van der Waals surface area contributed by atoms with Crippen LogP contribution in [-0.2, 0) is 14.4 Å². The van der Waals surface area contributed by atoms with Crippen molar-refractivity contribution in [3.63, 3.8) is 0 Å². The van der Waals surface area contributed by atoms with Crippen molar-refractivity contribution in [3.05, 3.63) is 0 Å². The molecule has 1 spiro atoms. The smallest absolute Gasteiger partial charge is 0.246 e. The topological polar surface area (TPSA) is 69.7 Å². The second-order valence-corrected chi connectivity index (χ2v) is 7.06. The number of rotatable bonds is 1. The van der Waals surface area contributed by atoms with Gasteiger partial charge in [-0.3, -0.25) is 14.4 Å². The Hall–Kier alpha value is -1.59. The Kier molecular flexibility index (Phi) is 3.87. The molecule has 22 heavy (non-hydrogen) atoms. The van der Waals surface area contributed by atoms with Crippen LogP contribution < -0.4 is 5.32 Å². The van der Waals surface area contributed by atoms with Gasteiger partial charge in [0.25, 0.3) is 0 Å². The maximum absolute atomic E-state index is 12.4. The zero-order valence-electron chi connectivity index (χ0n) is 13.4. The van der Waals surface area contributed by atoms with Crippen molar-refractivity contribution in [3.8, 4) is 0 Å². The summed E-state index contributed by atoms with van der Waals surface area (Å²) in [5, 5.41) is 2.89. The Morgan fingerprint density at radius 3 is 2.36 bits per heavy atom. The molecule has 1 aliphatic carbocycles. The second kappa shape index (κ2) is 5.56. The molecule has 2 aliphatic heterocycles. The molecule has 2 saturated heterocycles. The molecule has 6 nitrogen and oxygen atoms in total. The quantitative estimate of drug-likeness (QED) is 0.761. The van der Waals surface area contributed by atoms with Gasteiger partial charge in [0.15, 0.2) is 0 Å².